The lowest BCUT2D eigenvalue weighted by Gasteiger charge is -2.15. The highest BCUT2D eigenvalue weighted by Crippen LogP contribution is 2.36. The Morgan fingerprint density at radius 3 is 2.11 bits per heavy atom. The number of nitrogens with one attached hydrogen (secondary N) is 2. The zero-order chi connectivity index (χ0) is 32.3. The summed E-state index contributed by atoms with van der Waals surface area (Å²) in [6.45, 7) is 7.84. The van der Waals surface area contributed by atoms with E-state index >= 15 is 0 Å². The number of hydrogen-bond donors (Lipinski definition) is 2. The lowest BCUT2D eigenvalue weighted by molar-refractivity contribution is 0.0725. The first-order valence-corrected chi connectivity index (χ1v) is 18.9. The summed E-state index contributed by atoms with van der Waals surface area (Å²) in [6, 6.07) is 30.0. The number of hydrogen-bond acceptors (Lipinski definition) is 7. The molecule has 3 aromatic carbocycles. The summed E-state index contributed by atoms with van der Waals surface area (Å²) in [5, 5.41) is 11.4. The fourth-order valence-corrected chi connectivity index (χ4v) is 6.00. The lowest BCUT2D eigenvalue weighted by atomic mass is 10.0. The van der Waals surface area contributed by atoms with Crippen molar-refractivity contribution in [3.63, 3.8) is 0 Å². The van der Waals surface area contributed by atoms with E-state index in [9.17, 15) is 4.79 Å². The van der Waals surface area contributed by atoms with Gasteiger partial charge in [-0.05, 0) is 29.3 Å². The van der Waals surface area contributed by atoms with Crippen molar-refractivity contribution in [2.45, 2.75) is 32.4 Å². The Bertz CT molecular complexity index is 2000. The molecule has 0 fully saturated rings. The molecule has 6 rings (SSSR count). The van der Waals surface area contributed by atoms with Gasteiger partial charge < -0.3 is 19.5 Å². The van der Waals surface area contributed by atoms with E-state index in [-0.39, 0.29) is 12.3 Å². The molecule has 0 saturated heterocycles. The maximum atomic E-state index is 14.5. The van der Waals surface area contributed by atoms with Gasteiger partial charge in [0, 0.05) is 26.3 Å². The molecule has 0 aliphatic heterocycles. The first-order chi connectivity index (χ1) is 22.3. The Hall–Kier alpha value is -5.13. The van der Waals surface area contributed by atoms with E-state index < -0.39 is 8.07 Å². The molecule has 0 spiro atoms. The second kappa shape index (κ2) is 13.1. The number of rotatable bonds is 12. The standard InChI is InChI=1S/C35H38N6O4Si/c1-43-27-18-16-25(17-19-27)31-33(36-28-22-29(44-2)40(38-28)23-45-20-21-46(3,4)5)37-34-30(24-12-8-6-9-13-24)32(39-41(34)35(31)42)26-14-10-7-11-15-26/h6-19,22,39H,20-21,23H2,1-5H3,(H,36,38). The minimum absolute atomic E-state index is 0.242. The summed E-state index contributed by atoms with van der Waals surface area (Å²) >= 11 is 0. The van der Waals surface area contributed by atoms with Crippen molar-refractivity contribution < 1.29 is 14.2 Å². The summed E-state index contributed by atoms with van der Waals surface area (Å²) in [7, 11) is 1.97. The Morgan fingerprint density at radius 2 is 1.48 bits per heavy atom. The number of ether oxygens (including phenoxy) is 3. The third-order valence-electron chi connectivity index (χ3n) is 7.69. The number of aromatic nitrogens is 5. The maximum Gasteiger partial charge on any atom is 0.282 e. The van der Waals surface area contributed by atoms with E-state index in [0.717, 1.165) is 28.4 Å². The fourth-order valence-electron chi connectivity index (χ4n) is 5.24. The summed E-state index contributed by atoms with van der Waals surface area (Å²) in [5.41, 5.74) is 4.73. The van der Waals surface area contributed by atoms with Gasteiger partial charge in [-0.1, -0.05) is 92.4 Å². The van der Waals surface area contributed by atoms with Crippen molar-refractivity contribution in [2.75, 3.05) is 26.1 Å². The zero-order valence-corrected chi connectivity index (χ0v) is 27.7. The van der Waals surface area contributed by atoms with Crippen LogP contribution in [0.3, 0.4) is 0 Å². The van der Waals surface area contributed by atoms with E-state index in [1.54, 1.807) is 25.0 Å². The number of aromatic amines is 1. The van der Waals surface area contributed by atoms with Crippen molar-refractivity contribution in [1.29, 1.82) is 0 Å². The van der Waals surface area contributed by atoms with Crippen LogP contribution in [0.2, 0.25) is 25.7 Å². The molecule has 0 aliphatic rings. The third kappa shape index (κ3) is 6.46. The van der Waals surface area contributed by atoms with E-state index in [4.69, 9.17) is 24.3 Å². The van der Waals surface area contributed by atoms with Crippen molar-refractivity contribution in [2.24, 2.45) is 0 Å². The van der Waals surface area contributed by atoms with E-state index in [1.165, 1.54) is 4.52 Å². The van der Waals surface area contributed by atoms with Crippen molar-refractivity contribution in [3.05, 3.63) is 101 Å². The van der Waals surface area contributed by atoms with E-state index in [1.807, 2.05) is 84.9 Å². The smallest absolute Gasteiger partial charge is 0.282 e. The van der Waals surface area contributed by atoms with Crippen LogP contribution in [0.5, 0.6) is 11.6 Å². The number of fused-ring (bicyclic) bond motifs is 1. The highest BCUT2D eigenvalue weighted by molar-refractivity contribution is 6.76. The normalized spacial score (nSPS) is 11.6. The van der Waals surface area contributed by atoms with Crippen LogP contribution in [0.4, 0.5) is 11.6 Å². The molecule has 6 aromatic rings. The highest BCUT2D eigenvalue weighted by Gasteiger charge is 2.24. The van der Waals surface area contributed by atoms with Gasteiger partial charge in [0.05, 0.1) is 31.0 Å². The van der Waals surface area contributed by atoms with Crippen LogP contribution in [0.1, 0.15) is 0 Å². The molecule has 46 heavy (non-hydrogen) atoms. The number of nitrogens with zero attached hydrogens (tertiary/aromatic N) is 4. The quantitative estimate of drug-likeness (QED) is 0.108. The molecule has 0 saturated carbocycles. The molecule has 11 heteroatoms. The van der Waals surface area contributed by atoms with Crippen LogP contribution in [0.15, 0.2) is 95.8 Å². The number of benzene rings is 3. The average molecular weight is 635 g/mol. The molecular weight excluding hydrogens is 597 g/mol. The topological polar surface area (TPSA) is 108 Å². The fraction of sp³-hybridized carbons (Fsp3) is 0.229. The molecule has 3 heterocycles. The maximum absolute atomic E-state index is 14.5. The van der Waals surface area contributed by atoms with Crippen LogP contribution in [0, 0.1) is 0 Å². The van der Waals surface area contributed by atoms with E-state index in [0.29, 0.717) is 46.6 Å². The second-order valence-corrected chi connectivity index (χ2v) is 17.8. The Kier molecular flexibility index (Phi) is 8.78. The van der Waals surface area contributed by atoms with Gasteiger partial charge >= 0.3 is 0 Å². The van der Waals surface area contributed by atoms with Crippen molar-refractivity contribution in [1.82, 2.24) is 24.4 Å². The largest absolute Gasteiger partial charge is 0.497 e. The lowest BCUT2D eigenvalue weighted by Crippen LogP contribution is -2.22. The predicted molar refractivity (Wildman–Crippen MR) is 185 cm³/mol. The van der Waals surface area contributed by atoms with Crippen LogP contribution in [-0.4, -0.2) is 53.3 Å². The molecule has 0 aliphatic carbocycles. The molecule has 0 bridgehead atoms. The number of anilines is 2. The van der Waals surface area contributed by atoms with Crippen LogP contribution in [-0.2, 0) is 11.5 Å². The Balaban J connectivity index is 1.50. The zero-order valence-electron chi connectivity index (χ0n) is 26.7. The molecule has 0 atom stereocenters. The summed E-state index contributed by atoms with van der Waals surface area (Å²) < 4.78 is 20.1. The monoisotopic (exact) mass is 634 g/mol. The van der Waals surface area contributed by atoms with Gasteiger partial charge in [0.2, 0.25) is 5.88 Å². The van der Waals surface area contributed by atoms with Gasteiger partial charge in [-0.3, -0.25) is 9.89 Å². The molecule has 0 amide bonds. The minimum Gasteiger partial charge on any atom is -0.497 e. The Morgan fingerprint density at radius 1 is 0.826 bits per heavy atom. The SMILES string of the molecule is COc1ccc(-c2c(Nc3cc(OC)n(COCC[Si](C)(C)C)n3)nc3c(-c4ccccc4)c(-c4ccccc4)[nH]n3c2=O)cc1. The molecule has 2 N–H and O–H groups in total. The highest BCUT2D eigenvalue weighted by atomic mass is 28.3. The summed E-state index contributed by atoms with van der Waals surface area (Å²) in [6.07, 6.45) is 0. The Labute approximate surface area is 268 Å². The van der Waals surface area contributed by atoms with Crippen LogP contribution >= 0.6 is 0 Å². The van der Waals surface area contributed by atoms with E-state index in [2.05, 4.69) is 30.1 Å². The molecule has 236 valence electrons. The summed E-state index contributed by atoms with van der Waals surface area (Å²) in [5.74, 6) is 2.04. The first-order valence-electron chi connectivity index (χ1n) is 15.2. The molecular formula is C35H38N6O4Si. The van der Waals surface area contributed by atoms with Crippen molar-refractivity contribution in [3.8, 4) is 45.1 Å². The van der Waals surface area contributed by atoms with Gasteiger partial charge in [-0.2, -0.15) is 4.52 Å². The first kappa shape index (κ1) is 30.9. The molecule has 0 unspecified atom stereocenters. The predicted octanol–water partition coefficient (Wildman–Crippen LogP) is 7.29. The number of H-pyrrole nitrogens is 1. The number of methoxy groups -OCH3 is 2. The van der Waals surface area contributed by atoms with Crippen LogP contribution in [0.25, 0.3) is 39.2 Å². The molecule has 0 radical (unpaired) electrons. The second-order valence-electron chi connectivity index (χ2n) is 12.2. The van der Waals surface area contributed by atoms with Crippen LogP contribution < -0.4 is 20.3 Å². The van der Waals surface area contributed by atoms with Crippen molar-refractivity contribution >= 4 is 25.4 Å². The van der Waals surface area contributed by atoms with Gasteiger partial charge in [0.25, 0.3) is 5.56 Å². The van der Waals surface area contributed by atoms with Gasteiger partial charge in [0.1, 0.15) is 18.3 Å². The summed E-state index contributed by atoms with van der Waals surface area (Å²) in [4.78, 5) is 19.6. The average Bonchev–Trinajstić information content (AvgIpc) is 3.65. The minimum atomic E-state index is -1.23. The molecule has 3 aromatic heterocycles. The van der Waals surface area contributed by atoms with Gasteiger partial charge in [-0.25, -0.2) is 9.67 Å². The molecule has 10 nitrogen and oxygen atoms in total. The third-order valence-corrected chi connectivity index (χ3v) is 9.40. The van der Waals surface area contributed by atoms with Gasteiger partial charge in [0.15, 0.2) is 11.5 Å². The van der Waals surface area contributed by atoms with Gasteiger partial charge in [-0.15, -0.1) is 5.10 Å².